The number of fused-ring (bicyclic) bond motifs is 2. The van der Waals surface area contributed by atoms with Gasteiger partial charge >= 0.3 is 5.97 Å². The normalized spacial score (nSPS) is 19.1. The van der Waals surface area contributed by atoms with E-state index in [1.54, 1.807) is 12.4 Å². The van der Waals surface area contributed by atoms with E-state index in [9.17, 15) is 15.0 Å². The van der Waals surface area contributed by atoms with Crippen molar-refractivity contribution in [2.45, 2.75) is 65.0 Å². The Hall–Kier alpha value is -5.32. The molecular weight excluding hydrogens is 651 g/mol. The van der Waals surface area contributed by atoms with Crippen molar-refractivity contribution in [2.24, 2.45) is 11.8 Å². The summed E-state index contributed by atoms with van der Waals surface area (Å²) in [4.78, 5) is 37.5. The zero-order chi connectivity index (χ0) is 35.8. The van der Waals surface area contributed by atoms with E-state index in [4.69, 9.17) is 19.9 Å². The van der Waals surface area contributed by atoms with Crippen molar-refractivity contribution in [3.05, 3.63) is 113 Å². The second-order valence-corrected chi connectivity index (χ2v) is 14.5. The third-order valence-corrected chi connectivity index (χ3v) is 11.0. The smallest absolute Gasteiger partial charge is 0.307 e. The topological polar surface area (TPSA) is 137 Å². The van der Waals surface area contributed by atoms with E-state index < -0.39 is 5.97 Å². The molecule has 2 fully saturated rings. The molecule has 10 heteroatoms. The number of nitrogens with one attached hydrogen (secondary N) is 1. The van der Waals surface area contributed by atoms with Gasteiger partial charge in [-0.15, -0.1) is 0 Å². The quantitative estimate of drug-likeness (QED) is 0.135. The van der Waals surface area contributed by atoms with Gasteiger partial charge in [0.25, 0.3) is 0 Å². The molecule has 5 heterocycles. The molecule has 1 saturated carbocycles. The molecule has 10 nitrogen and oxygen atoms in total. The van der Waals surface area contributed by atoms with Crippen LogP contribution in [0.5, 0.6) is 0 Å². The van der Waals surface area contributed by atoms with E-state index in [0.29, 0.717) is 31.8 Å². The molecule has 2 aromatic carbocycles. The van der Waals surface area contributed by atoms with Crippen LogP contribution in [0.15, 0.2) is 79.4 Å². The third-order valence-electron chi connectivity index (χ3n) is 11.0. The van der Waals surface area contributed by atoms with Crippen LogP contribution in [0.2, 0.25) is 0 Å². The SMILES string of the molecule is Cc1c(Cc2nccc3nc(CN4CC[C@@H](C(=O)O)C4)cnc23)cccc1-c1cccc(Nc2nccc3cc(CC4CC[C@@H](O)C4)cnc23)c1C. The molecule has 8 rings (SSSR count). The molecule has 6 aromatic rings. The Kier molecular flexibility index (Phi) is 9.34. The maximum absolute atomic E-state index is 11.4. The van der Waals surface area contributed by atoms with Crippen molar-refractivity contribution in [1.82, 2.24) is 29.8 Å². The predicted octanol–water partition coefficient (Wildman–Crippen LogP) is 7.20. The fourth-order valence-corrected chi connectivity index (χ4v) is 8.07. The number of carbonyl (C=O) groups is 1. The van der Waals surface area contributed by atoms with Crippen molar-refractivity contribution in [2.75, 3.05) is 18.4 Å². The molecular formula is C42H43N7O3. The highest BCUT2D eigenvalue weighted by Crippen LogP contribution is 2.35. The molecule has 3 atom stereocenters. The Morgan fingerprint density at radius 2 is 1.71 bits per heavy atom. The highest BCUT2D eigenvalue weighted by Gasteiger charge is 2.28. The van der Waals surface area contributed by atoms with E-state index in [1.165, 1.54) is 16.7 Å². The highest BCUT2D eigenvalue weighted by molar-refractivity contribution is 5.91. The van der Waals surface area contributed by atoms with Crippen LogP contribution in [-0.2, 0) is 24.2 Å². The predicted molar refractivity (Wildman–Crippen MR) is 202 cm³/mol. The molecule has 1 unspecified atom stereocenters. The average molecular weight is 694 g/mol. The number of hydrogen-bond donors (Lipinski definition) is 3. The zero-order valence-electron chi connectivity index (χ0n) is 29.6. The van der Waals surface area contributed by atoms with Crippen LogP contribution in [0.4, 0.5) is 11.5 Å². The minimum absolute atomic E-state index is 0.168. The number of anilines is 2. The Labute approximate surface area is 303 Å². The lowest BCUT2D eigenvalue weighted by Crippen LogP contribution is -2.23. The summed E-state index contributed by atoms with van der Waals surface area (Å²) in [6.45, 7) is 6.17. The first-order valence-electron chi connectivity index (χ1n) is 18.2. The molecule has 4 aromatic heterocycles. The number of aliphatic hydroxyl groups is 1. The number of carboxylic acids is 1. The van der Waals surface area contributed by atoms with Gasteiger partial charge in [0.05, 0.1) is 35.1 Å². The molecule has 0 spiro atoms. The van der Waals surface area contributed by atoms with E-state index in [1.807, 2.05) is 24.5 Å². The zero-order valence-corrected chi connectivity index (χ0v) is 29.6. The fourth-order valence-electron chi connectivity index (χ4n) is 8.07. The van der Waals surface area contributed by atoms with Gasteiger partial charge < -0.3 is 15.5 Å². The first-order valence-corrected chi connectivity index (χ1v) is 18.2. The number of aromatic nitrogens is 5. The van der Waals surface area contributed by atoms with Gasteiger partial charge in [-0.1, -0.05) is 30.3 Å². The van der Waals surface area contributed by atoms with Gasteiger partial charge in [-0.05, 0) is 116 Å². The molecule has 3 N–H and O–H groups in total. The Bertz CT molecular complexity index is 2290. The number of carboxylic acid groups (broad SMARTS) is 1. The maximum Gasteiger partial charge on any atom is 0.307 e. The molecule has 1 aliphatic heterocycles. The molecule has 2 aliphatic rings. The van der Waals surface area contributed by atoms with Crippen LogP contribution in [0.3, 0.4) is 0 Å². The van der Waals surface area contributed by atoms with E-state index in [0.717, 1.165) is 93.7 Å². The summed E-state index contributed by atoms with van der Waals surface area (Å²) in [5, 5.41) is 24.0. The van der Waals surface area contributed by atoms with Crippen LogP contribution >= 0.6 is 0 Å². The second-order valence-electron chi connectivity index (χ2n) is 14.5. The van der Waals surface area contributed by atoms with Crippen molar-refractivity contribution in [3.8, 4) is 11.1 Å². The largest absolute Gasteiger partial charge is 0.481 e. The van der Waals surface area contributed by atoms with Gasteiger partial charge in [0, 0.05) is 49.2 Å². The number of hydrogen-bond acceptors (Lipinski definition) is 9. The first kappa shape index (κ1) is 33.8. The van der Waals surface area contributed by atoms with Crippen molar-refractivity contribution in [1.29, 1.82) is 0 Å². The van der Waals surface area contributed by atoms with Crippen molar-refractivity contribution >= 4 is 39.4 Å². The highest BCUT2D eigenvalue weighted by atomic mass is 16.4. The molecule has 0 radical (unpaired) electrons. The monoisotopic (exact) mass is 693 g/mol. The number of pyridine rings is 3. The van der Waals surface area contributed by atoms with Crippen LogP contribution in [-0.4, -0.2) is 65.2 Å². The molecule has 0 amide bonds. The summed E-state index contributed by atoms with van der Waals surface area (Å²) >= 11 is 0. The average Bonchev–Trinajstić information content (AvgIpc) is 3.79. The standard InChI is InChI=1S/C42H43N7O3/c1-25-29(20-38-40-37(12-15-43-38)47-32(22-46-40)24-49-16-13-31(23-49)42(51)52)5-3-6-34(25)35-7-4-8-36(26(35)2)48-41-39-30(11-14-44-41)18-28(21-45-39)17-27-9-10-33(50)19-27/h3-8,11-12,14-15,18,21-22,27,31,33,50H,9-10,13,16-17,19-20,23-24H2,1-2H3,(H,44,48)(H,51,52)/t27?,31-,33-/m1/s1. The van der Waals surface area contributed by atoms with Crippen LogP contribution in [0.25, 0.3) is 33.1 Å². The lowest BCUT2D eigenvalue weighted by atomic mass is 9.91. The van der Waals surface area contributed by atoms with E-state index in [-0.39, 0.29) is 12.0 Å². The van der Waals surface area contributed by atoms with Crippen LogP contribution < -0.4 is 5.32 Å². The maximum atomic E-state index is 11.4. The second kappa shape index (κ2) is 14.4. The van der Waals surface area contributed by atoms with Crippen molar-refractivity contribution < 1.29 is 15.0 Å². The Balaban J connectivity index is 1.02. The summed E-state index contributed by atoms with van der Waals surface area (Å²) < 4.78 is 0. The van der Waals surface area contributed by atoms with Gasteiger partial charge in [-0.2, -0.15) is 0 Å². The van der Waals surface area contributed by atoms with Crippen molar-refractivity contribution in [3.63, 3.8) is 0 Å². The van der Waals surface area contributed by atoms with Gasteiger partial charge in [0.1, 0.15) is 11.0 Å². The summed E-state index contributed by atoms with van der Waals surface area (Å²) in [5.41, 5.74) is 12.0. The third kappa shape index (κ3) is 6.96. The molecule has 0 bridgehead atoms. The summed E-state index contributed by atoms with van der Waals surface area (Å²) in [5.74, 6) is 0.183. The Morgan fingerprint density at radius 3 is 2.52 bits per heavy atom. The van der Waals surface area contributed by atoms with Crippen LogP contribution in [0, 0.1) is 25.7 Å². The van der Waals surface area contributed by atoms with Gasteiger partial charge in [0.2, 0.25) is 0 Å². The lowest BCUT2D eigenvalue weighted by Gasteiger charge is -2.17. The van der Waals surface area contributed by atoms with Gasteiger partial charge in [-0.3, -0.25) is 24.6 Å². The minimum Gasteiger partial charge on any atom is -0.481 e. The molecule has 52 heavy (non-hydrogen) atoms. The van der Waals surface area contributed by atoms with E-state index in [2.05, 4.69) is 71.5 Å². The summed E-state index contributed by atoms with van der Waals surface area (Å²) in [6.07, 6.45) is 12.3. The molecule has 264 valence electrons. The number of rotatable bonds is 10. The summed E-state index contributed by atoms with van der Waals surface area (Å²) in [7, 11) is 0. The summed E-state index contributed by atoms with van der Waals surface area (Å²) in [6, 6.07) is 18.9. The lowest BCUT2D eigenvalue weighted by molar-refractivity contribution is -0.141. The number of benzene rings is 2. The minimum atomic E-state index is -0.732. The van der Waals surface area contributed by atoms with Gasteiger partial charge in [-0.25, -0.2) is 9.97 Å². The Morgan fingerprint density at radius 1 is 0.904 bits per heavy atom. The van der Waals surface area contributed by atoms with Crippen LogP contribution in [0.1, 0.15) is 59.3 Å². The number of nitrogens with zero attached hydrogens (tertiary/aromatic N) is 6. The van der Waals surface area contributed by atoms with Gasteiger partial charge in [0.15, 0.2) is 5.82 Å². The van der Waals surface area contributed by atoms with E-state index >= 15 is 0 Å². The fraction of sp³-hybridized carbons (Fsp3) is 0.333. The number of likely N-dealkylation sites (tertiary alicyclic amines) is 1. The number of aliphatic carboxylic acids is 1. The molecule has 1 saturated heterocycles. The molecule has 1 aliphatic carbocycles. The first-order chi connectivity index (χ1) is 25.3. The number of aliphatic hydroxyl groups excluding tert-OH is 1.